The molecule has 80 valence electrons. The number of carbonyl (C=O) groups is 1. The third-order valence-electron chi connectivity index (χ3n) is 1.83. The van der Waals surface area contributed by atoms with Gasteiger partial charge in [-0.25, -0.2) is 8.42 Å². The summed E-state index contributed by atoms with van der Waals surface area (Å²) in [4.78, 5) is 11.3. The van der Waals surface area contributed by atoms with Gasteiger partial charge in [-0.15, -0.1) is 0 Å². The molecule has 0 amide bonds. The van der Waals surface area contributed by atoms with Gasteiger partial charge in [0.15, 0.2) is 9.84 Å². The highest BCUT2D eigenvalue weighted by atomic mass is 32.2. The summed E-state index contributed by atoms with van der Waals surface area (Å²) in [6, 6.07) is 6.41. The van der Waals surface area contributed by atoms with Crippen LogP contribution in [0.2, 0.25) is 0 Å². The maximum Gasteiger partial charge on any atom is 0.203 e. The van der Waals surface area contributed by atoms with Gasteiger partial charge in [0.2, 0.25) is 5.78 Å². The van der Waals surface area contributed by atoms with E-state index in [2.05, 4.69) is 0 Å². The molecule has 1 N–H and O–H groups in total. The summed E-state index contributed by atoms with van der Waals surface area (Å²) in [5, 5.41) is 6.85. The van der Waals surface area contributed by atoms with Crippen molar-refractivity contribution in [2.45, 2.75) is 5.75 Å². The van der Waals surface area contributed by atoms with Gasteiger partial charge in [-0.2, -0.15) is 0 Å². The first-order valence-electron chi connectivity index (χ1n) is 4.24. The van der Waals surface area contributed by atoms with E-state index >= 15 is 0 Å². The lowest BCUT2D eigenvalue weighted by atomic mass is 10.1. The van der Waals surface area contributed by atoms with E-state index in [1.54, 1.807) is 18.2 Å². The van der Waals surface area contributed by atoms with Crippen LogP contribution in [0.15, 0.2) is 24.3 Å². The second-order valence-corrected chi connectivity index (χ2v) is 5.38. The molecule has 0 atom stereocenters. The highest BCUT2D eigenvalue weighted by Gasteiger charge is 2.12. The molecule has 1 rings (SSSR count). The van der Waals surface area contributed by atoms with Gasteiger partial charge in [0.1, 0.15) is 0 Å². The number of sulfone groups is 1. The van der Waals surface area contributed by atoms with Gasteiger partial charge in [-0.05, 0) is 5.56 Å². The van der Waals surface area contributed by atoms with Gasteiger partial charge in [-0.3, -0.25) is 4.79 Å². The van der Waals surface area contributed by atoms with E-state index in [1.807, 2.05) is 0 Å². The van der Waals surface area contributed by atoms with E-state index in [0.717, 1.165) is 6.26 Å². The fourth-order valence-corrected chi connectivity index (χ4v) is 2.06. The molecular formula is C10H11NO3S. The third kappa shape index (κ3) is 3.28. The highest BCUT2D eigenvalue weighted by molar-refractivity contribution is 7.89. The molecule has 0 fully saturated rings. The van der Waals surface area contributed by atoms with E-state index in [9.17, 15) is 13.2 Å². The van der Waals surface area contributed by atoms with E-state index in [0.29, 0.717) is 11.8 Å². The number of Topliss-reactive ketones (excluding diaryl/α,β-unsaturated/α-hetero) is 1. The van der Waals surface area contributed by atoms with Crippen LogP contribution in [-0.2, 0) is 15.6 Å². The van der Waals surface area contributed by atoms with Gasteiger partial charge in [0.05, 0.1) is 12.0 Å². The number of nitrogens with one attached hydrogen (secondary N) is 1. The minimum absolute atomic E-state index is 0.178. The summed E-state index contributed by atoms with van der Waals surface area (Å²) in [5.41, 5.74) is 0.714. The van der Waals surface area contributed by atoms with Gasteiger partial charge < -0.3 is 5.41 Å². The molecule has 0 aliphatic carbocycles. The number of rotatable bonds is 4. The zero-order chi connectivity index (χ0) is 11.5. The van der Waals surface area contributed by atoms with Crippen molar-refractivity contribution in [3.63, 3.8) is 0 Å². The molecule has 0 radical (unpaired) electrons. The second-order valence-electron chi connectivity index (χ2n) is 3.24. The topological polar surface area (TPSA) is 75.1 Å². The summed E-state index contributed by atoms with van der Waals surface area (Å²) in [6.07, 6.45) is 1.79. The van der Waals surface area contributed by atoms with Gasteiger partial charge in [-0.1, -0.05) is 24.3 Å². The lowest BCUT2D eigenvalue weighted by Gasteiger charge is -2.04. The smallest absolute Gasteiger partial charge is 0.203 e. The summed E-state index contributed by atoms with van der Waals surface area (Å²) in [6.45, 7) is 0. The Balaban J connectivity index is 3.18. The van der Waals surface area contributed by atoms with Crippen LogP contribution < -0.4 is 0 Å². The SMILES string of the molecule is CS(=O)(=O)Cc1ccccc1C(=O)C=N. The fourth-order valence-electron chi connectivity index (χ4n) is 1.25. The molecule has 0 saturated heterocycles. The van der Waals surface area contributed by atoms with Gasteiger partial charge in [0.25, 0.3) is 0 Å². The molecule has 1 aromatic carbocycles. The van der Waals surface area contributed by atoms with Crippen LogP contribution in [0, 0.1) is 5.41 Å². The number of hydrogen-bond donors (Lipinski definition) is 1. The summed E-state index contributed by atoms with van der Waals surface area (Å²) in [7, 11) is -3.17. The molecule has 1 aromatic rings. The zero-order valence-corrected chi connectivity index (χ0v) is 9.04. The molecule has 0 saturated carbocycles. The minimum atomic E-state index is -3.17. The van der Waals surface area contributed by atoms with Crippen LogP contribution in [0.3, 0.4) is 0 Å². The molecule has 0 heterocycles. The monoisotopic (exact) mass is 225 g/mol. The molecule has 5 heteroatoms. The number of hydrogen-bond acceptors (Lipinski definition) is 4. The number of carbonyl (C=O) groups excluding carboxylic acids is 1. The average molecular weight is 225 g/mol. The Bertz CT molecular complexity index is 491. The Morgan fingerprint density at radius 1 is 1.40 bits per heavy atom. The molecule has 0 aliphatic heterocycles. The highest BCUT2D eigenvalue weighted by Crippen LogP contribution is 2.12. The summed E-state index contributed by atoms with van der Waals surface area (Å²) < 4.78 is 22.2. The van der Waals surface area contributed by atoms with Crippen molar-refractivity contribution >= 4 is 21.8 Å². The Morgan fingerprint density at radius 3 is 2.53 bits per heavy atom. The summed E-state index contributed by atoms with van der Waals surface area (Å²) >= 11 is 0. The Morgan fingerprint density at radius 2 is 2.00 bits per heavy atom. The molecule has 4 nitrogen and oxygen atoms in total. The van der Waals surface area contributed by atoms with Crippen LogP contribution in [0.5, 0.6) is 0 Å². The van der Waals surface area contributed by atoms with E-state index in [-0.39, 0.29) is 11.3 Å². The van der Waals surface area contributed by atoms with Crippen molar-refractivity contribution in [3.05, 3.63) is 35.4 Å². The fraction of sp³-hybridized carbons (Fsp3) is 0.200. The Kier molecular flexibility index (Phi) is 3.36. The van der Waals surface area contributed by atoms with Crippen LogP contribution in [0.4, 0.5) is 0 Å². The number of benzene rings is 1. The standard InChI is InChI=1S/C10H11NO3S/c1-15(13,14)7-8-4-2-3-5-9(8)10(12)6-11/h2-6,11H,7H2,1H3. The lowest BCUT2D eigenvalue weighted by molar-refractivity contribution is 0.106. The van der Waals surface area contributed by atoms with Crippen molar-refractivity contribution in [1.82, 2.24) is 0 Å². The Hall–Kier alpha value is -1.49. The number of ketones is 1. The Labute approximate surface area is 88.4 Å². The lowest BCUT2D eigenvalue weighted by Crippen LogP contribution is -2.08. The van der Waals surface area contributed by atoms with Crippen LogP contribution in [0.25, 0.3) is 0 Å². The van der Waals surface area contributed by atoms with E-state index in [1.165, 1.54) is 6.07 Å². The van der Waals surface area contributed by atoms with E-state index < -0.39 is 15.6 Å². The summed E-state index contributed by atoms with van der Waals surface area (Å²) in [5.74, 6) is -0.655. The first-order valence-corrected chi connectivity index (χ1v) is 6.30. The van der Waals surface area contributed by atoms with Crippen molar-refractivity contribution in [1.29, 1.82) is 5.41 Å². The first-order chi connectivity index (χ1) is 6.94. The van der Waals surface area contributed by atoms with E-state index in [4.69, 9.17) is 5.41 Å². The quantitative estimate of drug-likeness (QED) is 0.615. The van der Waals surface area contributed by atoms with Gasteiger partial charge >= 0.3 is 0 Å². The molecule has 0 aliphatic rings. The van der Waals surface area contributed by atoms with Crippen LogP contribution in [-0.4, -0.2) is 26.7 Å². The molecule has 15 heavy (non-hydrogen) atoms. The van der Waals surface area contributed by atoms with Gasteiger partial charge in [0, 0.05) is 11.8 Å². The van der Waals surface area contributed by atoms with Crippen molar-refractivity contribution in [3.8, 4) is 0 Å². The normalized spacial score (nSPS) is 11.0. The third-order valence-corrected chi connectivity index (χ3v) is 2.67. The predicted octanol–water partition coefficient (Wildman–Crippen LogP) is 1.06. The molecule has 0 bridgehead atoms. The van der Waals surface area contributed by atoms with Crippen molar-refractivity contribution in [2.24, 2.45) is 0 Å². The average Bonchev–Trinajstić information content (AvgIpc) is 2.15. The first kappa shape index (κ1) is 11.6. The van der Waals surface area contributed by atoms with Crippen LogP contribution >= 0.6 is 0 Å². The zero-order valence-electron chi connectivity index (χ0n) is 8.23. The predicted molar refractivity (Wildman–Crippen MR) is 58.1 cm³/mol. The maximum atomic E-state index is 11.3. The molecule has 0 unspecified atom stereocenters. The second kappa shape index (κ2) is 4.35. The molecule has 0 spiro atoms. The largest absolute Gasteiger partial charge is 0.305 e. The minimum Gasteiger partial charge on any atom is -0.305 e. The van der Waals surface area contributed by atoms with Crippen molar-refractivity contribution < 1.29 is 13.2 Å². The molecular weight excluding hydrogens is 214 g/mol. The van der Waals surface area contributed by atoms with Crippen LogP contribution in [0.1, 0.15) is 15.9 Å². The van der Waals surface area contributed by atoms with Crippen molar-refractivity contribution in [2.75, 3.05) is 6.26 Å². The molecule has 0 aromatic heterocycles. The maximum absolute atomic E-state index is 11.3.